The molecule has 0 bridgehead atoms. The number of nitrogens with one attached hydrogen (secondary N) is 2. The molecule has 25 heavy (non-hydrogen) atoms. The van der Waals surface area contributed by atoms with Crippen molar-refractivity contribution in [2.24, 2.45) is 0 Å². The number of nitrogens with zero attached hydrogens (tertiary/aromatic N) is 3. The van der Waals surface area contributed by atoms with Crippen molar-refractivity contribution in [1.82, 2.24) is 15.7 Å². The molecule has 3 heterocycles. The Morgan fingerprint density at radius 3 is 2.88 bits per heavy atom. The first-order valence-corrected chi connectivity index (χ1v) is 8.83. The van der Waals surface area contributed by atoms with Gasteiger partial charge < -0.3 is 15.1 Å². The molecule has 0 saturated heterocycles. The molecule has 0 radical (unpaired) electrons. The lowest BCUT2D eigenvalue weighted by Crippen LogP contribution is -2.53. The smallest absolute Gasteiger partial charge is 0.268 e. The molecule has 1 aliphatic heterocycles. The number of fused-ring (bicyclic) bond motifs is 1. The van der Waals surface area contributed by atoms with Crippen molar-refractivity contribution in [1.29, 1.82) is 0 Å². The van der Waals surface area contributed by atoms with Gasteiger partial charge in [-0.2, -0.15) is 4.98 Å². The van der Waals surface area contributed by atoms with Gasteiger partial charge in [-0.1, -0.05) is 5.16 Å². The van der Waals surface area contributed by atoms with Crippen LogP contribution in [0.25, 0.3) is 22.2 Å². The van der Waals surface area contributed by atoms with Crippen LogP contribution in [0.1, 0.15) is 19.4 Å². The molecule has 0 fully saturated rings. The predicted molar refractivity (Wildman–Crippen MR) is 98.2 cm³/mol. The number of hydrazine groups is 2. The van der Waals surface area contributed by atoms with Crippen LogP contribution in [-0.4, -0.2) is 27.4 Å². The lowest BCUT2D eigenvalue weighted by Gasteiger charge is -2.34. The Kier molecular flexibility index (Phi) is 3.75. The summed E-state index contributed by atoms with van der Waals surface area (Å²) in [5, 5.41) is 17.6. The molecule has 130 valence electrons. The Morgan fingerprint density at radius 1 is 1.32 bits per heavy atom. The van der Waals surface area contributed by atoms with Crippen LogP contribution in [0.3, 0.4) is 0 Å². The van der Waals surface area contributed by atoms with Crippen LogP contribution in [0.15, 0.2) is 34.2 Å². The summed E-state index contributed by atoms with van der Waals surface area (Å²) in [7, 11) is 0. The molecule has 7 nitrogen and oxygen atoms in total. The summed E-state index contributed by atoms with van der Waals surface area (Å²) in [4.78, 5) is 5.52. The fraction of sp³-hybridized carbons (Fsp3) is 0.294. The number of thiophene rings is 1. The average molecular weight is 357 g/mol. The van der Waals surface area contributed by atoms with Crippen LogP contribution in [-0.2, 0) is 0 Å². The number of aromatic nitrogens is 2. The first-order valence-electron chi connectivity index (χ1n) is 7.95. The average Bonchev–Trinajstić information content (AvgIpc) is 3.32. The Bertz CT molecular complexity index is 917. The van der Waals surface area contributed by atoms with Gasteiger partial charge in [0.15, 0.2) is 0 Å². The summed E-state index contributed by atoms with van der Waals surface area (Å²) in [5.74, 6) is 1.09. The number of aliphatic hydroxyl groups is 1. The van der Waals surface area contributed by atoms with Gasteiger partial charge in [0.1, 0.15) is 0 Å². The number of aryl methyl sites for hydroxylation is 1. The lowest BCUT2D eigenvalue weighted by molar-refractivity contribution is 0.206. The molecule has 0 spiro atoms. The number of aliphatic hydroxyl groups excluding tert-OH is 1. The quantitative estimate of drug-likeness (QED) is 0.661. The zero-order valence-electron chi connectivity index (χ0n) is 14.2. The Balaban J connectivity index is 1.66. The molecule has 0 atom stereocenters. The largest absolute Gasteiger partial charge is 0.394 e. The van der Waals surface area contributed by atoms with E-state index < -0.39 is 5.54 Å². The molecule has 4 rings (SSSR count). The van der Waals surface area contributed by atoms with E-state index in [1.54, 1.807) is 11.3 Å². The van der Waals surface area contributed by atoms with Crippen LogP contribution in [0.5, 0.6) is 0 Å². The van der Waals surface area contributed by atoms with Gasteiger partial charge in [0.05, 0.1) is 28.4 Å². The minimum absolute atomic E-state index is 0.0250. The number of rotatable bonds is 4. The third-order valence-corrected chi connectivity index (χ3v) is 5.28. The number of hydrogen-bond acceptors (Lipinski definition) is 8. The number of anilines is 2. The van der Waals surface area contributed by atoms with Crippen LogP contribution in [0.2, 0.25) is 0 Å². The Labute approximate surface area is 149 Å². The van der Waals surface area contributed by atoms with Gasteiger partial charge in [-0.05, 0) is 56.0 Å². The highest BCUT2D eigenvalue weighted by Crippen LogP contribution is 2.37. The summed E-state index contributed by atoms with van der Waals surface area (Å²) in [5.41, 5.74) is 9.63. The van der Waals surface area contributed by atoms with E-state index in [9.17, 15) is 5.11 Å². The second kappa shape index (κ2) is 5.83. The van der Waals surface area contributed by atoms with E-state index in [-0.39, 0.29) is 6.61 Å². The third kappa shape index (κ3) is 2.68. The molecule has 0 unspecified atom stereocenters. The van der Waals surface area contributed by atoms with Gasteiger partial charge in [-0.25, -0.2) is 0 Å². The van der Waals surface area contributed by atoms with E-state index in [0.717, 1.165) is 27.4 Å². The van der Waals surface area contributed by atoms with E-state index >= 15 is 0 Å². The van der Waals surface area contributed by atoms with E-state index in [0.29, 0.717) is 11.7 Å². The predicted octanol–water partition coefficient (Wildman–Crippen LogP) is 3.20. The van der Waals surface area contributed by atoms with Crippen molar-refractivity contribution in [3.63, 3.8) is 0 Å². The first kappa shape index (κ1) is 16.1. The van der Waals surface area contributed by atoms with E-state index in [1.807, 2.05) is 55.4 Å². The van der Waals surface area contributed by atoms with Crippen LogP contribution >= 0.6 is 11.3 Å². The lowest BCUT2D eigenvalue weighted by atomic mass is 10.0. The zero-order chi connectivity index (χ0) is 17.6. The third-order valence-electron chi connectivity index (χ3n) is 4.27. The molecule has 1 aromatic carbocycles. The van der Waals surface area contributed by atoms with E-state index in [4.69, 9.17) is 4.52 Å². The molecule has 3 aromatic rings. The van der Waals surface area contributed by atoms with Crippen molar-refractivity contribution in [2.75, 3.05) is 17.0 Å². The van der Waals surface area contributed by atoms with Crippen molar-refractivity contribution in [3.05, 3.63) is 35.2 Å². The Morgan fingerprint density at radius 2 is 2.16 bits per heavy atom. The molecule has 1 aliphatic rings. The maximum absolute atomic E-state index is 9.59. The normalized spacial score (nSPS) is 13.8. The highest BCUT2D eigenvalue weighted by atomic mass is 32.1. The molecule has 8 heteroatoms. The SMILES string of the molecule is Cc1ccsc1-c1nc(-c2ccc3c(c2)NNN3C(C)(C)CO)no1. The minimum Gasteiger partial charge on any atom is -0.394 e. The van der Waals surface area contributed by atoms with Crippen molar-refractivity contribution >= 4 is 22.7 Å². The number of hydrogen-bond donors (Lipinski definition) is 3. The van der Waals surface area contributed by atoms with Crippen LogP contribution in [0, 0.1) is 6.92 Å². The summed E-state index contributed by atoms with van der Waals surface area (Å²) >= 11 is 1.59. The highest BCUT2D eigenvalue weighted by molar-refractivity contribution is 7.13. The maximum atomic E-state index is 9.59. The molecule has 0 amide bonds. The fourth-order valence-corrected chi connectivity index (χ4v) is 3.57. The summed E-state index contributed by atoms with van der Waals surface area (Å²) in [6, 6.07) is 7.92. The van der Waals surface area contributed by atoms with Gasteiger partial charge in [-0.15, -0.1) is 16.9 Å². The standard InChI is InChI=1S/C17H19N5O2S/c1-10-6-7-25-14(10)16-18-15(20-24-16)11-4-5-13-12(8-11)19-21-22(13)17(2,3)9-23/h4-8,19,21,23H,9H2,1-3H3. The van der Waals surface area contributed by atoms with Crippen molar-refractivity contribution in [2.45, 2.75) is 26.3 Å². The van der Waals surface area contributed by atoms with Gasteiger partial charge in [0.2, 0.25) is 5.82 Å². The second-order valence-corrected chi connectivity index (χ2v) is 7.55. The topological polar surface area (TPSA) is 86.5 Å². The maximum Gasteiger partial charge on any atom is 0.268 e. The van der Waals surface area contributed by atoms with Crippen LogP contribution < -0.4 is 16.0 Å². The molecular weight excluding hydrogens is 338 g/mol. The van der Waals surface area contributed by atoms with Gasteiger partial charge in [0, 0.05) is 5.56 Å². The summed E-state index contributed by atoms with van der Waals surface area (Å²) in [6.45, 7) is 5.97. The van der Waals surface area contributed by atoms with Crippen molar-refractivity contribution in [3.8, 4) is 22.2 Å². The summed E-state index contributed by atoms with van der Waals surface area (Å²) in [6.07, 6.45) is 0. The minimum atomic E-state index is -0.435. The highest BCUT2D eigenvalue weighted by Gasteiger charge is 2.32. The van der Waals surface area contributed by atoms with Crippen molar-refractivity contribution < 1.29 is 9.63 Å². The van der Waals surface area contributed by atoms with E-state index in [2.05, 4.69) is 21.1 Å². The van der Waals surface area contributed by atoms with Crippen LogP contribution in [0.4, 0.5) is 11.4 Å². The second-order valence-electron chi connectivity index (χ2n) is 6.63. The fourth-order valence-electron chi connectivity index (χ4n) is 2.72. The van der Waals surface area contributed by atoms with Gasteiger partial charge in [-0.3, -0.25) is 5.01 Å². The van der Waals surface area contributed by atoms with Gasteiger partial charge >= 0.3 is 0 Å². The molecule has 3 N–H and O–H groups in total. The molecular formula is C17H19N5O2S. The Hall–Kier alpha value is -2.42. The number of benzene rings is 1. The summed E-state index contributed by atoms with van der Waals surface area (Å²) < 4.78 is 5.43. The molecule has 2 aromatic heterocycles. The molecule has 0 aliphatic carbocycles. The monoisotopic (exact) mass is 357 g/mol. The van der Waals surface area contributed by atoms with Gasteiger partial charge in [0.25, 0.3) is 5.89 Å². The zero-order valence-corrected chi connectivity index (χ0v) is 15.0. The first-order chi connectivity index (χ1) is 12.0. The molecule has 0 saturated carbocycles. The van der Waals surface area contributed by atoms with E-state index in [1.165, 1.54) is 0 Å².